The van der Waals surface area contributed by atoms with E-state index in [4.69, 9.17) is 0 Å². The van der Waals surface area contributed by atoms with Crippen LogP contribution in [0.15, 0.2) is 59.5 Å². The van der Waals surface area contributed by atoms with Crippen LogP contribution in [0, 0.1) is 6.92 Å². The van der Waals surface area contributed by atoms with Crippen LogP contribution in [0.25, 0.3) is 16.9 Å². The molecule has 0 unspecified atom stereocenters. The van der Waals surface area contributed by atoms with Crippen molar-refractivity contribution < 1.29 is 13.2 Å². The van der Waals surface area contributed by atoms with Crippen molar-refractivity contribution in [2.24, 2.45) is 0 Å². The Morgan fingerprint density at radius 3 is 2.72 bits per heavy atom. The lowest BCUT2D eigenvalue weighted by molar-refractivity contribution is -0.116. The Labute approximate surface area is 184 Å². The predicted octanol–water partition coefficient (Wildman–Crippen LogP) is 2.81. The zero-order valence-corrected chi connectivity index (χ0v) is 18.3. The van der Waals surface area contributed by atoms with Crippen LogP contribution in [-0.4, -0.2) is 40.7 Å². The van der Waals surface area contributed by atoms with Gasteiger partial charge in [0.25, 0.3) is 10.0 Å². The van der Waals surface area contributed by atoms with Crippen molar-refractivity contribution in [3.05, 3.63) is 66.0 Å². The molecule has 0 saturated carbocycles. The molecule has 0 fully saturated rings. The SMILES string of the molecule is CC(=O)N1CCc2cc(S(=O)(=O)Nc3cccc(-c4ccc5nnc(C)n5n4)c3)ccc21. The number of carbonyl (C=O) groups is 1. The maximum Gasteiger partial charge on any atom is 0.261 e. The normalized spacial score (nSPS) is 13.4. The molecule has 0 bridgehead atoms. The minimum atomic E-state index is -3.80. The van der Waals surface area contributed by atoms with Gasteiger partial charge in [0.15, 0.2) is 11.5 Å². The van der Waals surface area contributed by atoms with Gasteiger partial charge in [-0.2, -0.15) is 9.61 Å². The Morgan fingerprint density at radius 2 is 1.91 bits per heavy atom. The van der Waals surface area contributed by atoms with Crippen molar-refractivity contribution in [3.8, 4) is 11.3 Å². The van der Waals surface area contributed by atoms with Gasteiger partial charge >= 0.3 is 0 Å². The Bertz CT molecular complexity index is 1480. The van der Waals surface area contributed by atoms with Gasteiger partial charge in [0.1, 0.15) is 0 Å². The molecule has 5 rings (SSSR count). The summed E-state index contributed by atoms with van der Waals surface area (Å²) >= 11 is 0. The van der Waals surface area contributed by atoms with Gasteiger partial charge in [-0.05, 0) is 61.4 Å². The molecule has 2 aromatic carbocycles. The second-order valence-electron chi connectivity index (χ2n) is 7.63. The van der Waals surface area contributed by atoms with Crippen LogP contribution in [0.2, 0.25) is 0 Å². The number of hydrogen-bond acceptors (Lipinski definition) is 6. The number of nitrogens with one attached hydrogen (secondary N) is 1. The Kier molecular flexibility index (Phi) is 4.66. The fourth-order valence-corrected chi connectivity index (χ4v) is 4.98. The lowest BCUT2D eigenvalue weighted by Crippen LogP contribution is -2.25. The number of carbonyl (C=O) groups excluding carboxylic acids is 1. The summed E-state index contributed by atoms with van der Waals surface area (Å²) < 4.78 is 30.3. The van der Waals surface area contributed by atoms with Gasteiger partial charge in [0.05, 0.1) is 10.6 Å². The third kappa shape index (κ3) is 3.48. The maximum atomic E-state index is 13.0. The fourth-order valence-electron chi connectivity index (χ4n) is 3.88. The molecule has 1 aliphatic rings. The van der Waals surface area contributed by atoms with Gasteiger partial charge in [-0.25, -0.2) is 8.42 Å². The lowest BCUT2D eigenvalue weighted by Gasteiger charge is -2.15. The van der Waals surface area contributed by atoms with Crippen LogP contribution in [0.1, 0.15) is 18.3 Å². The van der Waals surface area contributed by atoms with E-state index in [0.29, 0.717) is 35.8 Å². The highest BCUT2D eigenvalue weighted by Gasteiger charge is 2.25. The summed E-state index contributed by atoms with van der Waals surface area (Å²) in [6.07, 6.45) is 0.629. The molecule has 0 aliphatic carbocycles. The monoisotopic (exact) mass is 448 g/mol. The molecular formula is C22H20N6O3S. The molecule has 3 heterocycles. The van der Waals surface area contributed by atoms with Crippen LogP contribution < -0.4 is 9.62 Å². The zero-order valence-electron chi connectivity index (χ0n) is 17.5. The van der Waals surface area contributed by atoms with Gasteiger partial charge in [-0.3, -0.25) is 9.52 Å². The van der Waals surface area contributed by atoms with E-state index < -0.39 is 10.0 Å². The van der Waals surface area contributed by atoms with Crippen LogP contribution in [0.3, 0.4) is 0 Å². The highest BCUT2D eigenvalue weighted by molar-refractivity contribution is 7.92. The topological polar surface area (TPSA) is 110 Å². The van der Waals surface area contributed by atoms with Crippen LogP contribution in [0.4, 0.5) is 11.4 Å². The summed E-state index contributed by atoms with van der Waals surface area (Å²) in [5.74, 6) is 0.612. The van der Waals surface area contributed by atoms with Gasteiger partial charge < -0.3 is 4.90 Å². The third-order valence-electron chi connectivity index (χ3n) is 5.47. The molecular weight excluding hydrogens is 428 g/mol. The van der Waals surface area contributed by atoms with Crippen molar-refractivity contribution in [3.63, 3.8) is 0 Å². The number of sulfonamides is 1. The predicted molar refractivity (Wildman–Crippen MR) is 120 cm³/mol. The third-order valence-corrected chi connectivity index (χ3v) is 6.85. The van der Waals surface area contributed by atoms with Gasteiger partial charge in [-0.1, -0.05) is 12.1 Å². The second-order valence-corrected chi connectivity index (χ2v) is 9.32. The summed E-state index contributed by atoms with van der Waals surface area (Å²) in [6.45, 7) is 3.88. The van der Waals surface area contributed by atoms with Crippen molar-refractivity contribution in [1.82, 2.24) is 19.8 Å². The minimum absolute atomic E-state index is 0.0530. The van der Waals surface area contributed by atoms with E-state index >= 15 is 0 Å². The molecule has 2 aromatic heterocycles. The van der Waals surface area contributed by atoms with E-state index in [0.717, 1.165) is 16.8 Å². The van der Waals surface area contributed by atoms with Gasteiger partial charge in [-0.15, -0.1) is 10.2 Å². The van der Waals surface area contributed by atoms with Crippen molar-refractivity contribution >= 4 is 33.0 Å². The molecule has 1 amide bonds. The number of rotatable bonds is 4. The summed E-state index contributed by atoms with van der Waals surface area (Å²) in [5.41, 5.74) is 4.11. The average Bonchev–Trinajstić information content (AvgIpc) is 3.36. The largest absolute Gasteiger partial charge is 0.312 e. The summed E-state index contributed by atoms with van der Waals surface area (Å²) in [6, 6.07) is 15.5. The Morgan fingerprint density at radius 1 is 1.06 bits per heavy atom. The second kappa shape index (κ2) is 7.41. The Hall–Kier alpha value is -3.79. The molecule has 32 heavy (non-hydrogen) atoms. The fraction of sp³-hybridized carbons (Fsp3) is 0.182. The number of aromatic nitrogens is 4. The van der Waals surface area contributed by atoms with E-state index in [-0.39, 0.29) is 10.8 Å². The van der Waals surface area contributed by atoms with Crippen molar-refractivity contribution in [2.75, 3.05) is 16.2 Å². The smallest absolute Gasteiger partial charge is 0.261 e. The summed E-state index contributed by atoms with van der Waals surface area (Å²) in [5, 5.41) is 12.6. The number of fused-ring (bicyclic) bond motifs is 2. The molecule has 0 atom stereocenters. The van der Waals surface area contributed by atoms with E-state index in [1.165, 1.54) is 13.0 Å². The molecule has 1 aliphatic heterocycles. The van der Waals surface area contributed by atoms with Crippen LogP contribution in [0.5, 0.6) is 0 Å². The molecule has 10 heteroatoms. The molecule has 0 radical (unpaired) electrons. The number of aryl methyl sites for hydroxylation is 1. The van der Waals surface area contributed by atoms with Crippen LogP contribution in [-0.2, 0) is 21.2 Å². The first-order chi connectivity index (χ1) is 15.3. The Balaban J connectivity index is 1.44. The van der Waals surface area contributed by atoms with Crippen molar-refractivity contribution in [1.29, 1.82) is 0 Å². The first-order valence-electron chi connectivity index (χ1n) is 10.1. The minimum Gasteiger partial charge on any atom is -0.312 e. The quantitative estimate of drug-likeness (QED) is 0.514. The van der Waals surface area contributed by atoms with E-state index in [1.807, 2.05) is 25.1 Å². The standard InChI is InChI=1S/C22H20N6O3S/c1-14-23-24-22-9-7-20(25-28(14)22)16-4-3-5-18(12-16)26-32(30,31)19-6-8-21-17(13-19)10-11-27(21)15(2)29/h3-9,12-13,26H,10-11H2,1-2H3. The highest BCUT2D eigenvalue weighted by atomic mass is 32.2. The number of nitrogens with zero attached hydrogens (tertiary/aromatic N) is 5. The van der Waals surface area contributed by atoms with E-state index in [2.05, 4.69) is 20.0 Å². The average molecular weight is 449 g/mol. The van der Waals surface area contributed by atoms with E-state index in [1.54, 1.807) is 39.7 Å². The molecule has 162 valence electrons. The van der Waals surface area contributed by atoms with E-state index in [9.17, 15) is 13.2 Å². The zero-order chi connectivity index (χ0) is 22.5. The number of hydrogen-bond donors (Lipinski definition) is 1. The van der Waals surface area contributed by atoms with Gasteiger partial charge in [0.2, 0.25) is 5.91 Å². The molecule has 0 spiro atoms. The van der Waals surface area contributed by atoms with Crippen molar-refractivity contribution in [2.45, 2.75) is 25.2 Å². The number of anilines is 2. The first-order valence-corrected chi connectivity index (χ1v) is 11.5. The number of amides is 1. The molecule has 9 nitrogen and oxygen atoms in total. The highest BCUT2D eigenvalue weighted by Crippen LogP contribution is 2.31. The molecule has 1 N–H and O–H groups in total. The maximum absolute atomic E-state index is 13.0. The molecule has 0 saturated heterocycles. The molecule has 4 aromatic rings. The number of benzene rings is 2. The summed E-state index contributed by atoms with van der Waals surface area (Å²) in [7, 11) is -3.80. The lowest BCUT2D eigenvalue weighted by atomic mass is 10.1. The first kappa shape index (κ1) is 20.1. The van der Waals surface area contributed by atoms with Gasteiger partial charge in [0, 0.05) is 30.4 Å². The summed E-state index contributed by atoms with van der Waals surface area (Å²) in [4.78, 5) is 13.6. The van der Waals surface area contributed by atoms with Crippen LogP contribution >= 0.6 is 0 Å².